The largest absolute Gasteiger partial charge is 0.493 e. The molecule has 5 heteroatoms. The van der Waals surface area contributed by atoms with Crippen LogP contribution in [0.25, 0.3) is 0 Å². The lowest BCUT2D eigenvalue weighted by Gasteiger charge is -2.19. The van der Waals surface area contributed by atoms with Crippen molar-refractivity contribution in [2.24, 2.45) is 0 Å². The van der Waals surface area contributed by atoms with E-state index in [0.717, 1.165) is 12.0 Å². The van der Waals surface area contributed by atoms with Crippen molar-refractivity contribution < 1.29 is 19.0 Å². The summed E-state index contributed by atoms with van der Waals surface area (Å²) in [4.78, 5) is 12.1. The number of amides is 1. The molecule has 0 fully saturated rings. The zero-order chi connectivity index (χ0) is 17.4. The number of para-hydroxylation sites is 1. The monoisotopic (exact) mass is 329 g/mol. The molecule has 5 nitrogen and oxygen atoms in total. The van der Waals surface area contributed by atoms with Crippen LogP contribution >= 0.6 is 0 Å². The van der Waals surface area contributed by atoms with Crippen LogP contribution < -0.4 is 19.5 Å². The summed E-state index contributed by atoms with van der Waals surface area (Å²) in [6.07, 6.45) is 0.757. The Kier molecular flexibility index (Phi) is 6.49. The van der Waals surface area contributed by atoms with Gasteiger partial charge in [0.25, 0.3) is 5.91 Å². The molecule has 2 aromatic carbocycles. The minimum absolute atomic E-state index is 0.0200. The van der Waals surface area contributed by atoms with Gasteiger partial charge in [-0.15, -0.1) is 0 Å². The Balaban J connectivity index is 1.99. The van der Waals surface area contributed by atoms with E-state index < -0.39 is 0 Å². The lowest BCUT2D eigenvalue weighted by atomic mass is 10.0. The molecule has 0 unspecified atom stereocenters. The number of carbonyl (C=O) groups is 1. The second kappa shape index (κ2) is 8.82. The fourth-order valence-corrected chi connectivity index (χ4v) is 2.39. The standard InChI is InChI=1S/C19H23NO4/c1-4-16(14-10-11-17(22-2)18(12-14)23-3)20-19(21)13-24-15-8-6-5-7-9-15/h5-12,16H,4,13H2,1-3H3,(H,20,21)/t16-/m1/s1. The highest BCUT2D eigenvalue weighted by Crippen LogP contribution is 2.30. The second-order valence-corrected chi connectivity index (χ2v) is 5.24. The third kappa shape index (κ3) is 4.65. The van der Waals surface area contributed by atoms with Crippen LogP contribution in [0.15, 0.2) is 48.5 Å². The summed E-state index contributed by atoms with van der Waals surface area (Å²) in [6.45, 7) is 1.99. The molecule has 0 aliphatic rings. The van der Waals surface area contributed by atoms with E-state index in [1.807, 2.05) is 55.5 Å². The lowest BCUT2D eigenvalue weighted by Crippen LogP contribution is -2.32. The Bertz CT molecular complexity index is 658. The molecule has 1 N–H and O–H groups in total. The summed E-state index contributed by atoms with van der Waals surface area (Å²) in [6, 6.07) is 14.8. The molecule has 1 atom stereocenters. The quantitative estimate of drug-likeness (QED) is 0.807. The SMILES string of the molecule is CC[C@@H](NC(=O)COc1ccccc1)c1ccc(OC)c(OC)c1. The highest BCUT2D eigenvalue weighted by atomic mass is 16.5. The number of rotatable bonds is 8. The molecule has 0 bridgehead atoms. The van der Waals surface area contributed by atoms with Gasteiger partial charge in [-0.25, -0.2) is 0 Å². The molecule has 24 heavy (non-hydrogen) atoms. The maximum atomic E-state index is 12.1. The van der Waals surface area contributed by atoms with Gasteiger partial charge in [0.2, 0.25) is 0 Å². The summed E-state index contributed by atoms with van der Waals surface area (Å²) >= 11 is 0. The van der Waals surface area contributed by atoms with Crippen LogP contribution in [0.1, 0.15) is 24.9 Å². The van der Waals surface area contributed by atoms with Crippen molar-refractivity contribution in [3.8, 4) is 17.2 Å². The van der Waals surface area contributed by atoms with Crippen LogP contribution in [0.3, 0.4) is 0 Å². The predicted molar refractivity (Wildman–Crippen MR) is 92.7 cm³/mol. The van der Waals surface area contributed by atoms with Crippen LogP contribution in [0.2, 0.25) is 0 Å². The molecular formula is C19H23NO4. The van der Waals surface area contributed by atoms with E-state index >= 15 is 0 Å². The summed E-state index contributed by atoms with van der Waals surface area (Å²) in [5, 5.41) is 2.98. The molecular weight excluding hydrogens is 306 g/mol. The average Bonchev–Trinajstić information content (AvgIpc) is 2.64. The van der Waals surface area contributed by atoms with Gasteiger partial charge >= 0.3 is 0 Å². The van der Waals surface area contributed by atoms with E-state index in [2.05, 4.69) is 5.32 Å². The highest BCUT2D eigenvalue weighted by Gasteiger charge is 2.15. The molecule has 2 rings (SSSR count). The highest BCUT2D eigenvalue weighted by molar-refractivity contribution is 5.78. The molecule has 0 saturated heterocycles. The van der Waals surface area contributed by atoms with Crippen molar-refractivity contribution in [2.75, 3.05) is 20.8 Å². The maximum Gasteiger partial charge on any atom is 0.258 e. The van der Waals surface area contributed by atoms with Crippen molar-refractivity contribution in [1.82, 2.24) is 5.32 Å². The van der Waals surface area contributed by atoms with Gasteiger partial charge in [-0.05, 0) is 36.2 Å². The fraction of sp³-hybridized carbons (Fsp3) is 0.316. The summed E-state index contributed by atoms with van der Waals surface area (Å²) in [5.74, 6) is 1.81. The summed E-state index contributed by atoms with van der Waals surface area (Å²) in [7, 11) is 3.19. The normalized spacial score (nSPS) is 11.5. The first kappa shape index (κ1) is 17.7. The first-order chi connectivity index (χ1) is 11.7. The Morgan fingerprint density at radius 1 is 1.04 bits per heavy atom. The molecule has 0 saturated carbocycles. The molecule has 0 aliphatic heterocycles. The molecule has 1 amide bonds. The topological polar surface area (TPSA) is 56.8 Å². The van der Waals surface area contributed by atoms with Crippen molar-refractivity contribution in [1.29, 1.82) is 0 Å². The van der Waals surface area contributed by atoms with Gasteiger partial charge < -0.3 is 19.5 Å². The number of hydrogen-bond acceptors (Lipinski definition) is 4. The average molecular weight is 329 g/mol. The van der Waals surface area contributed by atoms with Crippen LogP contribution in [0.4, 0.5) is 0 Å². The zero-order valence-corrected chi connectivity index (χ0v) is 14.2. The Labute approximate surface area is 142 Å². The van der Waals surface area contributed by atoms with Gasteiger partial charge in [-0.2, -0.15) is 0 Å². The molecule has 0 heterocycles. The number of nitrogens with one attached hydrogen (secondary N) is 1. The van der Waals surface area contributed by atoms with Crippen LogP contribution in [-0.4, -0.2) is 26.7 Å². The minimum Gasteiger partial charge on any atom is -0.493 e. The van der Waals surface area contributed by atoms with Gasteiger partial charge in [0.15, 0.2) is 18.1 Å². The van der Waals surface area contributed by atoms with Crippen LogP contribution in [0, 0.1) is 0 Å². The Hall–Kier alpha value is -2.69. The van der Waals surface area contributed by atoms with E-state index in [4.69, 9.17) is 14.2 Å². The third-order valence-electron chi connectivity index (χ3n) is 3.67. The van der Waals surface area contributed by atoms with Crippen molar-refractivity contribution in [2.45, 2.75) is 19.4 Å². The number of benzene rings is 2. The van der Waals surface area contributed by atoms with Crippen molar-refractivity contribution in [3.63, 3.8) is 0 Å². The molecule has 128 valence electrons. The maximum absolute atomic E-state index is 12.1. The summed E-state index contributed by atoms with van der Waals surface area (Å²) in [5.41, 5.74) is 0.961. The van der Waals surface area contributed by atoms with E-state index in [1.165, 1.54) is 0 Å². The van der Waals surface area contributed by atoms with Crippen molar-refractivity contribution in [3.05, 3.63) is 54.1 Å². The minimum atomic E-state index is -0.166. The molecule has 2 aromatic rings. The Morgan fingerprint density at radius 3 is 2.38 bits per heavy atom. The zero-order valence-electron chi connectivity index (χ0n) is 14.2. The van der Waals surface area contributed by atoms with Gasteiger partial charge in [0, 0.05) is 0 Å². The molecule has 0 spiro atoms. The molecule has 0 aromatic heterocycles. The van der Waals surface area contributed by atoms with E-state index in [-0.39, 0.29) is 18.6 Å². The first-order valence-corrected chi connectivity index (χ1v) is 7.87. The lowest BCUT2D eigenvalue weighted by molar-refractivity contribution is -0.123. The summed E-state index contributed by atoms with van der Waals surface area (Å²) < 4.78 is 16.0. The smallest absolute Gasteiger partial charge is 0.258 e. The van der Waals surface area contributed by atoms with Gasteiger partial charge in [0.1, 0.15) is 5.75 Å². The van der Waals surface area contributed by atoms with E-state index in [9.17, 15) is 4.79 Å². The number of ether oxygens (including phenoxy) is 3. The van der Waals surface area contributed by atoms with Crippen LogP contribution in [0.5, 0.6) is 17.2 Å². The Morgan fingerprint density at radius 2 is 1.75 bits per heavy atom. The molecule has 0 radical (unpaired) electrons. The first-order valence-electron chi connectivity index (χ1n) is 7.87. The van der Waals surface area contributed by atoms with Gasteiger partial charge in [-0.3, -0.25) is 4.79 Å². The fourth-order valence-electron chi connectivity index (χ4n) is 2.39. The predicted octanol–water partition coefficient (Wildman–Crippen LogP) is 3.35. The second-order valence-electron chi connectivity index (χ2n) is 5.24. The number of carbonyl (C=O) groups excluding carboxylic acids is 1. The number of methoxy groups -OCH3 is 2. The van der Waals surface area contributed by atoms with Gasteiger partial charge in [-0.1, -0.05) is 31.2 Å². The van der Waals surface area contributed by atoms with E-state index in [1.54, 1.807) is 14.2 Å². The van der Waals surface area contributed by atoms with Crippen LogP contribution in [-0.2, 0) is 4.79 Å². The molecule has 0 aliphatic carbocycles. The number of hydrogen-bond donors (Lipinski definition) is 1. The van der Waals surface area contributed by atoms with E-state index in [0.29, 0.717) is 17.2 Å². The third-order valence-corrected chi connectivity index (χ3v) is 3.67. The van der Waals surface area contributed by atoms with Crippen molar-refractivity contribution >= 4 is 5.91 Å². The van der Waals surface area contributed by atoms with Gasteiger partial charge in [0.05, 0.1) is 20.3 Å².